The summed E-state index contributed by atoms with van der Waals surface area (Å²) in [5, 5.41) is 0. The number of unbranched alkanes of at least 4 members (excludes halogenated alkanes) is 1. The smallest absolute Gasteiger partial charge is 0.120 e. The molecule has 0 heterocycles. The van der Waals surface area contributed by atoms with Crippen molar-refractivity contribution in [3.05, 3.63) is 11.6 Å². The number of carbonyl (C=O) groups is 1. The van der Waals surface area contributed by atoms with E-state index in [-0.39, 0.29) is 0 Å². The molecule has 0 bridgehead atoms. The van der Waals surface area contributed by atoms with Crippen LogP contribution in [0.4, 0.5) is 0 Å². The summed E-state index contributed by atoms with van der Waals surface area (Å²) in [6.07, 6.45) is 10.1. The average Bonchev–Trinajstić information content (AvgIpc) is 2.13. The van der Waals surface area contributed by atoms with E-state index in [4.69, 9.17) is 0 Å². The highest BCUT2D eigenvalue weighted by Gasteiger charge is 2.06. The van der Waals surface area contributed by atoms with E-state index in [1.54, 1.807) is 0 Å². The van der Waals surface area contributed by atoms with Crippen LogP contribution in [0, 0.1) is 5.92 Å². The van der Waals surface area contributed by atoms with Crippen LogP contribution in [0.25, 0.3) is 0 Å². The second kappa shape index (κ2) is 8.98. The Kier molecular flexibility index (Phi) is 8.61. The van der Waals surface area contributed by atoms with Crippen LogP contribution in [0.2, 0.25) is 0 Å². The van der Waals surface area contributed by atoms with E-state index in [2.05, 4.69) is 26.8 Å². The van der Waals surface area contributed by atoms with E-state index in [9.17, 15) is 4.79 Å². The molecule has 0 radical (unpaired) electrons. The van der Waals surface area contributed by atoms with Gasteiger partial charge in [0.1, 0.15) is 6.29 Å². The van der Waals surface area contributed by atoms with Gasteiger partial charge in [-0.25, -0.2) is 0 Å². The minimum atomic E-state index is 0.614. The monoisotopic (exact) mass is 196 g/mol. The number of hydrogen-bond acceptors (Lipinski definition) is 1. The lowest BCUT2D eigenvalue weighted by Gasteiger charge is -2.11. The largest absolute Gasteiger partial charge is 0.303 e. The molecule has 0 aliphatic carbocycles. The zero-order chi connectivity index (χ0) is 10.8. The molecule has 0 saturated carbocycles. The average molecular weight is 196 g/mol. The number of carbonyl (C=O) groups excluding carboxylic acids is 1. The van der Waals surface area contributed by atoms with E-state index in [1.165, 1.54) is 31.3 Å². The van der Waals surface area contributed by atoms with Crippen LogP contribution in [0.15, 0.2) is 11.6 Å². The summed E-state index contributed by atoms with van der Waals surface area (Å²) in [6, 6.07) is 0. The van der Waals surface area contributed by atoms with Crippen LogP contribution in [0.5, 0.6) is 0 Å². The molecule has 0 aromatic carbocycles. The zero-order valence-corrected chi connectivity index (χ0v) is 9.88. The summed E-state index contributed by atoms with van der Waals surface area (Å²) in [5.41, 5.74) is 1.38. The minimum Gasteiger partial charge on any atom is -0.303 e. The predicted octanol–water partition coefficient (Wildman–Crippen LogP) is 4.13. The fourth-order valence-electron chi connectivity index (χ4n) is 1.62. The van der Waals surface area contributed by atoms with Crippen LogP contribution >= 0.6 is 0 Å². The van der Waals surface area contributed by atoms with Crippen molar-refractivity contribution in [2.75, 3.05) is 0 Å². The highest BCUT2D eigenvalue weighted by molar-refractivity contribution is 5.49. The number of allylic oxidation sites excluding steroid dienone is 2. The van der Waals surface area contributed by atoms with Crippen molar-refractivity contribution in [3.8, 4) is 0 Å². The topological polar surface area (TPSA) is 17.1 Å². The zero-order valence-electron chi connectivity index (χ0n) is 9.88. The Labute approximate surface area is 88.6 Å². The summed E-state index contributed by atoms with van der Waals surface area (Å²) in [7, 11) is 0. The summed E-state index contributed by atoms with van der Waals surface area (Å²) in [4.78, 5) is 10.5. The minimum absolute atomic E-state index is 0.614. The van der Waals surface area contributed by atoms with Crippen molar-refractivity contribution < 1.29 is 4.79 Å². The van der Waals surface area contributed by atoms with E-state index < -0.39 is 0 Å². The van der Waals surface area contributed by atoms with Crippen molar-refractivity contribution in [1.82, 2.24) is 0 Å². The Hall–Kier alpha value is -0.590. The first-order valence-corrected chi connectivity index (χ1v) is 5.77. The Balaban J connectivity index is 3.71. The third-order valence-electron chi connectivity index (χ3n) is 2.52. The molecule has 0 aromatic heterocycles. The molecule has 0 amide bonds. The Morgan fingerprint density at radius 3 is 2.50 bits per heavy atom. The van der Waals surface area contributed by atoms with Gasteiger partial charge in [0.05, 0.1) is 0 Å². The molecule has 14 heavy (non-hydrogen) atoms. The second-order valence-corrected chi connectivity index (χ2v) is 4.27. The molecular weight excluding hydrogens is 172 g/mol. The maximum absolute atomic E-state index is 10.5. The van der Waals surface area contributed by atoms with Gasteiger partial charge in [0.2, 0.25) is 0 Å². The highest BCUT2D eigenvalue weighted by atomic mass is 16.1. The molecule has 0 aliphatic heterocycles. The van der Waals surface area contributed by atoms with Crippen molar-refractivity contribution in [2.24, 2.45) is 5.92 Å². The van der Waals surface area contributed by atoms with Gasteiger partial charge in [-0.05, 0) is 32.6 Å². The molecule has 82 valence electrons. The quantitative estimate of drug-likeness (QED) is 0.421. The van der Waals surface area contributed by atoms with Gasteiger partial charge in [-0.2, -0.15) is 0 Å². The summed E-state index contributed by atoms with van der Waals surface area (Å²) < 4.78 is 0. The van der Waals surface area contributed by atoms with Crippen LogP contribution in [-0.4, -0.2) is 6.29 Å². The molecule has 0 N–H and O–H groups in total. The van der Waals surface area contributed by atoms with Crippen LogP contribution in [0.1, 0.15) is 59.3 Å². The van der Waals surface area contributed by atoms with Gasteiger partial charge in [-0.15, -0.1) is 0 Å². The van der Waals surface area contributed by atoms with E-state index in [0.29, 0.717) is 5.92 Å². The van der Waals surface area contributed by atoms with Gasteiger partial charge in [-0.3, -0.25) is 0 Å². The van der Waals surface area contributed by atoms with Gasteiger partial charge in [0, 0.05) is 6.42 Å². The van der Waals surface area contributed by atoms with Crippen LogP contribution in [-0.2, 0) is 4.79 Å². The lowest BCUT2D eigenvalue weighted by Crippen LogP contribution is -2.00. The SMILES string of the molecule is CCCCC(CC=O)CCC=C(C)C. The lowest BCUT2D eigenvalue weighted by atomic mass is 9.94. The van der Waals surface area contributed by atoms with Crippen LogP contribution < -0.4 is 0 Å². The van der Waals surface area contributed by atoms with E-state index in [0.717, 1.165) is 19.1 Å². The first-order valence-electron chi connectivity index (χ1n) is 5.77. The van der Waals surface area contributed by atoms with Crippen molar-refractivity contribution in [1.29, 1.82) is 0 Å². The Morgan fingerprint density at radius 2 is 2.00 bits per heavy atom. The molecule has 0 aliphatic rings. The maximum Gasteiger partial charge on any atom is 0.120 e. The third kappa shape index (κ3) is 8.03. The molecule has 0 saturated heterocycles. The van der Waals surface area contributed by atoms with Gasteiger partial charge < -0.3 is 4.79 Å². The summed E-state index contributed by atoms with van der Waals surface area (Å²) >= 11 is 0. The molecule has 1 heteroatoms. The third-order valence-corrected chi connectivity index (χ3v) is 2.52. The number of rotatable bonds is 8. The lowest BCUT2D eigenvalue weighted by molar-refractivity contribution is -0.108. The van der Waals surface area contributed by atoms with E-state index in [1.807, 2.05) is 0 Å². The highest BCUT2D eigenvalue weighted by Crippen LogP contribution is 2.18. The molecule has 0 rings (SSSR count). The Morgan fingerprint density at radius 1 is 1.29 bits per heavy atom. The fourth-order valence-corrected chi connectivity index (χ4v) is 1.62. The molecule has 1 atom stereocenters. The number of hydrogen-bond donors (Lipinski definition) is 0. The first kappa shape index (κ1) is 13.4. The Bertz CT molecular complexity index is 166. The molecule has 0 aromatic rings. The normalized spacial score (nSPS) is 12.2. The second-order valence-electron chi connectivity index (χ2n) is 4.27. The first-order chi connectivity index (χ1) is 6.70. The van der Waals surface area contributed by atoms with E-state index >= 15 is 0 Å². The fraction of sp³-hybridized carbons (Fsp3) is 0.769. The summed E-state index contributed by atoms with van der Waals surface area (Å²) in [6.45, 7) is 6.45. The molecular formula is C13H24O. The van der Waals surface area contributed by atoms with Gasteiger partial charge in [-0.1, -0.05) is 37.8 Å². The standard InChI is InChI=1S/C13H24O/c1-4-5-8-13(10-11-14)9-6-7-12(2)3/h7,11,13H,4-6,8-10H2,1-3H3. The molecule has 1 nitrogen and oxygen atoms in total. The molecule has 0 spiro atoms. The van der Waals surface area contributed by atoms with Gasteiger partial charge >= 0.3 is 0 Å². The number of aldehydes is 1. The van der Waals surface area contributed by atoms with Crippen molar-refractivity contribution >= 4 is 6.29 Å². The summed E-state index contributed by atoms with van der Waals surface area (Å²) in [5.74, 6) is 0.614. The molecule has 0 fully saturated rings. The van der Waals surface area contributed by atoms with Crippen molar-refractivity contribution in [2.45, 2.75) is 59.3 Å². The maximum atomic E-state index is 10.5. The van der Waals surface area contributed by atoms with Crippen LogP contribution in [0.3, 0.4) is 0 Å². The van der Waals surface area contributed by atoms with Crippen molar-refractivity contribution in [3.63, 3.8) is 0 Å². The predicted molar refractivity (Wildman–Crippen MR) is 62.4 cm³/mol. The van der Waals surface area contributed by atoms with Gasteiger partial charge in [0.15, 0.2) is 0 Å². The van der Waals surface area contributed by atoms with Gasteiger partial charge in [0.25, 0.3) is 0 Å². The molecule has 1 unspecified atom stereocenters.